The fraction of sp³-hybridized carbons (Fsp3) is 0.111. The molecule has 0 bridgehead atoms. The van der Waals surface area contributed by atoms with Crippen LogP contribution in [0.3, 0.4) is 0 Å². The Morgan fingerprint density at radius 2 is 1.95 bits per heavy atom. The second kappa shape index (κ2) is 8.89. The molecule has 0 radical (unpaired) electrons. The molecule has 0 fully saturated rings. The SMILES string of the molecule is CCOC(=O)c1ccc2nc(N3C(=O)c4oc5ccccc5c(=O)c4[C@H]3c3cccc([N+](=O)[O-])c3)sc2c1. The van der Waals surface area contributed by atoms with Crippen molar-refractivity contribution >= 4 is 55.2 Å². The number of carbonyl (C=O) groups excluding carboxylic acids is 2. The summed E-state index contributed by atoms with van der Waals surface area (Å²) in [4.78, 5) is 56.6. The first-order valence-corrected chi connectivity index (χ1v) is 12.4. The van der Waals surface area contributed by atoms with Crippen LogP contribution in [0.15, 0.2) is 75.9 Å². The number of hydrogen-bond donors (Lipinski definition) is 0. The minimum atomic E-state index is -1.01. The van der Waals surface area contributed by atoms with Crippen LogP contribution in [0.5, 0.6) is 0 Å². The van der Waals surface area contributed by atoms with Crippen molar-refractivity contribution < 1.29 is 23.7 Å². The summed E-state index contributed by atoms with van der Waals surface area (Å²) in [6.07, 6.45) is 0. The Hall–Kier alpha value is -4.90. The molecular formula is C27H17N3O7S. The van der Waals surface area contributed by atoms with Crippen molar-refractivity contribution in [2.24, 2.45) is 0 Å². The molecule has 1 aliphatic rings. The fourth-order valence-corrected chi connectivity index (χ4v) is 5.63. The average molecular weight is 528 g/mol. The minimum absolute atomic E-state index is 0.0840. The monoisotopic (exact) mass is 527 g/mol. The number of hydrogen-bond acceptors (Lipinski definition) is 9. The number of esters is 1. The predicted octanol–water partition coefficient (Wildman–Crippen LogP) is 5.24. The maximum Gasteiger partial charge on any atom is 0.338 e. The van der Waals surface area contributed by atoms with Crippen LogP contribution >= 0.6 is 11.3 Å². The van der Waals surface area contributed by atoms with Crippen molar-refractivity contribution in [3.05, 3.63) is 110 Å². The molecule has 3 aromatic carbocycles. The van der Waals surface area contributed by atoms with Gasteiger partial charge in [0, 0.05) is 12.1 Å². The first-order valence-electron chi connectivity index (χ1n) is 11.6. The Labute approximate surface area is 217 Å². The molecule has 1 amide bonds. The van der Waals surface area contributed by atoms with E-state index >= 15 is 0 Å². The van der Waals surface area contributed by atoms with Crippen LogP contribution in [-0.2, 0) is 4.74 Å². The van der Waals surface area contributed by atoms with Crippen molar-refractivity contribution in [3.63, 3.8) is 0 Å². The average Bonchev–Trinajstić information content (AvgIpc) is 3.47. The van der Waals surface area contributed by atoms with Crippen LogP contribution in [0.1, 0.15) is 45.0 Å². The Morgan fingerprint density at radius 1 is 1.13 bits per heavy atom. The van der Waals surface area contributed by atoms with E-state index < -0.39 is 28.3 Å². The Bertz CT molecular complexity index is 1860. The number of amides is 1. The van der Waals surface area contributed by atoms with E-state index in [4.69, 9.17) is 9.15 Å². The zero-order chi connectivity index (χ0) is 26.6. The number of benzene rings is 3. The van der Waals surface area contributed by atoms with E-state index in [-0.39, 0.29) is 34.3 Å². The zero-order valence-electron chi connectivity index (χ0n) is 19.7. The molecule has 6 rings (SSSR count). The summed E-state index contributed by atoms with van der Waals surface area (Å²) in [5.41, 5.74) is 0.985. The van der Waals surface area contributed by atoms with Gasteiger partial charge in [-0.15, -0.1) is 0 Å². The van der Waals surface area contributed by atoms with E-state index in [0.717, 1.165) is 11.3 Å². The first-order chi connectivity index (χ1) is 18.4. The van der Waals surface area contributed by atoms with Gasteiger partial charge in [-0.2, -0.15) is 0 Å². The number of nitro groups is 1. The number of nitro benzene ring substituents is 1. The second-order valence-corrected chi connectivity index (χ2v) is 9.51. The molecule has 0 spiro atoms. The van der Waals surface area contributed by atoms with Gasteiger partial charge < -0.3 is 9.15 Å². The fourth-order valence-electron chi connectivity index (χ4n) is 4.60. The molecule has 38 heavy (non-hydrogen) atoms. The van der Waals surface area contributed by atoms with Crippen LogP contribution in [0.4, 0.5) is 10.8 Å². The van der Waals surface area contributed by atoms with E-state index in [2.05, 4.69) is 4.98 Å². The van der Waals surface area contributed by atoms with E-state index in [1.54, 1.807) is 55.5 Å². The lowest BCUT2D eigenvalue weighted by molar-refractivity contribution is -0.384. The Kier molecular flexibility index (Phi) is 5.50. The second-order valence-electron chi connectivity index (χ2n) is 8.50. The third-order valence-electron chi connectivity index (χ3n) is 6.27. The van der Waals surface area contributed by atoms with Crippen LogP contribution in [0.2, 0.25) is 0 Å². The topological polar surface area (TPSA) is 133 Å². The van der Waals surface area contributed by atoms with Crippen LogP contribution < -0.4 is 10.3 Å². The lowest BCUT2D eigenvalue weighted by Crippen LogP contribution is -2.29. The summed E-state index contributed by atoms with van der Waals surface area (Å²) >= 11 is 1.15. The van der Waals surface area contributed by atoms with Crippen molar-refractivity contribution in [3.8, 4) is 0 Å². The van der Waals surface area contributed by atoms with Crippen molar-refractivity contribution in [1.82, 2.24) is 4.98 Å². The summed E-state index contributed by atoms with van der Waals surface area (Å²) in [6, 6.07) is 16.2. The molecular weight excluding hydrogens is 510 g/mol. The number of non-ortho nitro benzene ring substituents is 1. The van der Waals surface area contributed by atoms with Gasteiger partial charge in [-0.05, 0) is 42.8 Å². The number of thiazole rings is 1. The highest BCUT2D eigenvalue weighted by atomic mass is 32.1. The van der Waals surface area contributed by atoms with Crippen molar-refractivity contribution in [1.29, 1.82) is 0 Å². The highest BCUT2D eigenvalue weighted by Gasteiger charge is 2.45. The summed E-state index contributed by atoms with van der Waals surface area (Å²) in [5, 5.41) is 12.1. The van der Waals surface area contributed by atoms with Crippen molar-refractivity contribution in [2.75, 3.05) is 11.5 Å². The number of carbonyl (C=O) groups is 2. The van der Waals surface area contributed by atoms with Gasteiger partial charge in [0.15, 0.2) is 10.6 Å². The smallest absolute Gasteiger partial charge is 0.338 e. The van der Waals surface area contributed by atoms with E-state index in [9.17, 15) is 24.5 Å². The number of rotatable bonds is 5. The molecule has 0 N–H and O–H groups in total. The summed E-state index contributed by atoms with van der Waals surface area (Å²) in [7, 11) is 0. The van der Waals surface area contributed by atoms with Gasteiger partial charge >= 0.3 is 5.97 Å². The maximum atomic E-state index is 13.8. The first kappa shape index (κ1) is 23.5. The molecule has 0 unspecified atom stereocenters. The molecule has 5 aromatic rings. The zero-order valence-corrected chi connectivity index (χ0v) is 20.6. The molecule has 10 nitrogen and oxygen atoms in total. The quantitative estimate of drug-likeness (QED) is 0.172. The van der Waals surface area contributed by atoms with E-state index in [1.165, 1.54) is 23.1 Å². The van der Waals surface area contributed by atoms with E-state index in [0.29, 0.717) is 26.7 Å². The number of nitrogens with zero attached hydrogens (tertiary/aromatic N) is 3. The van der Waals surface area contributed by atoms with Gasteiger partial charge in [0.05, 0.1) is 44.3 Å². The lowest BCUT2D eigenvalue weighted by Gasteiger charge is -2.22. The Balaban J connectivity index is 1.57. The molecule has 1 aliphatic heterocycles. The maximum absolute atomic E-state index is 13.8. The van der Waals surface area contributed by atoms with Gasteiger partial charge in [-0.1, -0.05) is 35.6 Å². The normalized spacial score (nSPS) is 14.7. The van der Waals surface area contributed by atoms with Gasteiger partial charge in [0.2, 0.25) is 5.76 Å². The molecule has 3 heterocycles. The molecule has 2 aromatic heterocycles. The van der Waals surface area contributed by atoms with E-state index in [1.807, 2.05) is 0 Å². The highest BCUT2D eigenvalue weighted by molar-refractivity contribution is 7.22. The summed E-state index contributed by atoms with van der Waals surface area (Å²) < 4.78 is 11.6. The molecule has 188 valence electrons. The lowest BCUT2D eigenvalue weighted by atomic mass is 9.98. The third kappa shape index (κ3) is 3.63. The van der Waals surface area contributed by atoms with Crippen molar-refractivity contribution in [2.45, 2.75) is 13.0 Å². The molecule has 0 saturated carbocycles. The third-order valence-corrected chi connectivity index (χ3v) is 7.29. The molecule has 0 aliphatic carbocycles. The number of para-hydroxylation sites is 1. The predicted molar refractivity (Wildman–Crippen MR) is 140 cm³/mol. The number of aromatic nitrogens is 1. The minimum Gasteiger partial charge on any atom is -0.462 e. The standard InChI is InChI=1S/C27H17N3O7S/c1-2-36-26(33)15-10-11-18-20(13-15)38-27(28-18)29-22(14-6-5-7-16(12-14)30(34)35)21-23(31)17-8-3-4-9-19(17)37-24(21)25(29)32/h3-13,22H,2H2,1H3/t22-/m1/s1. The number of anilines is 1. The molecule has 1 atom stereocenters. The molecule has 0 saturated heterocycles. The van der Waals surface area contributed by atoms with Crippen LogP contribution in [-0.4, -0.2) is 28.4 Å². The summed E-state index contributed by atoms with van der Waals surface area (Å²) in [6.45, 7) is 1.94. The van der Waals surface area contributed by atoms with Gasteiger partial charge in [-0.25, -0.2) is 9.78 Å². The highest BCUT2D eigenvalue weighted by Crippen LogP contribution is 2.44. The van der Waals surface area contributed by atoms with Gasteiger partial charge in [0.1, 0.15) is 5.58 Å². The largest absolute Gasteiger partial charge is 0.462 e. The Morgan fingerprint density at radius 3 is 2.74 bits per heavy atom. The number of ether oxygens (including phenoxy) is 1. The van der Waals surface area contributed by atoms with Crippen LogP contribution in [0.25, 0.3) is 21.2 Å². The summed E-state index contributed by atoms with van der Waals surface area (Å²) in [5.74, 6) is -1.22. The van der Waals surface area contributed by atoms with Crippen LogP contribution in [0, 0.1) is 10.1 Å². The number of fused-ring (bicyclic) bond motifs is 3. The molecule has 11 heteroatoms. The van der Waals surface area contributed by atoms with Gasteiger partial charge in [0.25, 0.3) is 11.6 Å². The van der Waals surface area contributed by atoms with Gasteiger partial charge in [-0.3, -0.25) is 24.6 Å².